The minimum atomic E-state index is 0.144. The molecule has 9 heteroatoms. The molecule has 0 unspecified atom stereocenters. The normalized spacial score (nSPS) is 16.5. The smallest absolute Gasteiger partial charge is 0.228 e. The molecule has 1 N–H and O–H groups in total. The maximum absolute atomic E-state index is 9.94. The van der Waals surface area contributed by atoms with Crippen molar-refractivity contribution in [1.82, 2.24) is 19.8 Å². The van der Waals surface area contributed by atoms with Crippen molar-refractivity contribution in [2.45, 2.75) is 19.5 Å². The van der Waals surface area contributed by atoms with Gasteiger partial charge in [-0.1, -0.05) is 6.07 Å². The molecule has 3 aromatic rings. The average molecular weight is 492 g/mol. The standard InChI is InChI=1S/C27H33N5O4/c1-30-12-14-32(15-13-30)27-28-23-10-11-31(17-19-4-9-24(33)25(16-19)35-3)18-22(23)26(29-27)36-21-7-5-20(34-2)6-8-21/h4-9,16,33H,10-15,17-18H2,1-3H3. The van der Waals surface area contributed by atoms with Crippen LogP contribution in [0, 0.1) is 0 Å². The van der Waals surface area contributed by atoms with Crippen LogP contribution in [0.15, 0.2) is 42.5 Å². The topological polar surface area (TPSA) is 83.4 Å². The van der Waals surface area contributed by atoms with E-state index in [0.717, 1.165) is 74.2 Å². The van der Waals surface area contributed by atoms with Crippen LogP contribution in [0.5, 0.6) is 28.9 Å². The number of fused-ring (bicyclic) bond motifs is 1. The van der Waals surface area contributed by atoms with E-state index in [4.69, 9.17) is 24.2 Å². The Morgan fingerprint density at radius 2 is 1.64 bits per heavy atom. The maximum Gasteiger partial charge on any atom is 0.228 e. The molecular weight excluding hydrogens is 458 g/mol. The molecule has 0 amide bonds. The van der Waals surface area contributed by atoms with Gasteiger partial charge in [-0.3, -0.25) is 4.90 Å². The minimum absolute atomic E-state index is 0.144. The van der Waals surface area contributed by atoms with Crippen LogP contribution in [0.3, 0.4) is 0 Å². The number of likely N-dealkylation sites (N-methyl/N-ethyl adjacent to an activating group) is 1. The van der Waals surface area contributed by atoms with E-state index in [1.54, 1.807) is 20.3 Å². The maximum atomic E-state index is 9.94. The number of hydrogen-bond donors (Lipinski definition) is 1. The first kappa shape index (κ1) is 24.1. The Labute approximate surface area is 211 Å². The van der Waals surface area contributed by atoms with Gasteiger partial charge in [-0.25, -0.2) is 4.98 Å². The number of aromatic nitrogens is 2. The summed E-state index contributed by atoms with van der Waals surface area (Å²) in [7, 11) is 5.35. The van der Waals surface area contributed by atoms with Crippen LogP contribution in [0.2, 0.25) is 0 Å². The van der Waals surface area contributed by atoms with Gasteiger partial charge in [-0.2, -0.15) is 4.98 Å². The van der Waals surface area contributed by atoms with Gasteiger partial charge in [0.25, 0.3) is 0 Å². The lowest BCUT2D eigenvalue weighted by Gasteiger charge is -2.34. The Balaban J connectivity index is 1.42. The Hall–Kier alpha value is -3.56. The number of nitrogens with zero attached hydrogens (tertiary/aromatic N) is 5. The summed E-state index contributed by atoms with van der Waals surface area (Å²) in [4.78, 5) is 16.8. The molecule has 36 heavy (non-hydrogen) atoms. The summed E-state index contributed by atoms with van der Waals surface area (Å²) in [6.07, 6.45) is 0.812. The van der Waals surface area contributed by atoms with Crippen molar-refractivity contribution in [2.24, 2.45) is 0 Å². The van der Waals surface area contributed by atoms with E-state index in [0.29, 0.717) is 23.9 Å². The first-order chi connectivity index (χ1) is 17.5. The molecular formula is C27H33N5O4. The van der Waals surface area contributed by atoms with Gasteiger partial charge in [-0.05, 0) is 49.0 Å². The number of rotatable bonds is 7. The second-order valence-corrected chi connectivity index (χ2v) is 9.29. The van der Waals surface area contributed by atoms with Gasteiger partial charge < -0.3 is 29.1 Å². The number of piperazine rings is 1. The highest BCUT2D eigenvalue weighted by Gasteiger charge is 2.26. The first-order valence-corrected chi connectivity index (χ1v) is 12.3. The lowest BCUT2D eigenvalue weighted by Crippen LogP contribution is -2.45. The van der Waals surface area contributed by atoms with Crippen molar-refractivity contribution in [2.75, 3.05) is 58.9 Å². The van der Waals surface area contributed by atoms with E-state index in [1.807, 2.05) is 36.4 Å². The first-order valence-electron chi connectivity index (χ1n) is 12.3. The number of phenols is 1. The van der Waals surface area contributed by atoms with Crippen LogP contribution in [-0.2, 0) is 19.5 Å². The van der Waals surface area contributed by atoms with E-state index >= 15 is 0 Å². The molecule has 5 rings (SSSR count). The minimum Gasteiger partial charge on any atom is -0.504 e. The molecule has 2 aromatic carbocycles. The molecule has 2 aliphatic rings. The zero-order valence-electron chi connectivity index (χ0n) is 21.1. The number of benzene rings is 2. The van der Waals surface area contributed by atoms with Crippen LogP contribution in [0.4, 0.5) is 5.95 Å². The van der Waals surface area contributed by atoms with E-state index in [-0.39, 0.29) is 5.75 Å². The zero-order valence-corrected chi connectivity index (χ0v) is 21.1. The van der Waals surface area contributed by atoms with E-state index < -0.39 is 0 Å². The number of methoxy groups -OCH3 is 2. The molecule has 0 saturated carbocycles. The largest absolute Gasteiger partial charge is 0.504 e. The fourth-order valence-electron chi connectivity index (χ4n) is 4.63. The molecule has 9 nitrogen and oxygen atoms in total. The van der Waals surface area contributed by atoms with Crippen molar-refractivity contribution in [3.8, 4) is 28.9 Å². The van der Waals surface area contributed by atoms with Crippen molar-refractivity contribution >= 4 is 5.95 Å². The quantitative estimate of drug-likeness (QED) is 0.535. The third kappa shape index (κ3) is 5.32. The summed E-state index contributed by atoms with van der Waals surface area (Å²) in [5.41, 5.74) is 3.13. The average Bonchev–Trinajstić information content (AvgIpc) is 2.90. The third-order valence-corrected chi connectivity index (χ3v) is 6.80. The highest BCUT2D eigenvalue weighted by Crippen LogP contribution is 2.33. The summed E-state index contributed by atoms with van der Waals surface area (Å²) in [5.74, 6) is 3.45. The number of aromatic hydroxyl groups is 1. The highest BCUT2D eigenvalue weighted by molar-refractivity contribution is 5.45. The number of phenolic OH excluding ortho intramolecular Hbond substituents is 1. The molecule has 0 spiro atoms. The number of hydrogen-bond acceptors (Lipinski definition) is 9. The van der Waals surface area contributed by atoms with Crippen molar-refractivity contribution in [1.29, 1.82) is 0 Å². The van der Waals surface area contributed by atoms with E-state index in [9.17, 15) is 5.11 Å². The molecule has 0 bridgehead atoms. The van der Waals surface area contributed by atoms with Crippen molar-refractivity contribution < 1.29 is 19.3 Å². The van der Waals surface area contributed by atoms with Crippen molar-refractivity contribution in [3.63, 3.8) is 0 Å². The van der Waals surface area contributed by atoms with Gasteiger partial charge in [0, 0.05) is 52.2 Å². The monoisotopic (exact) mass is 491 g/mol. The second kappa shape index (κ2) is 10.6. The van der Waals surface area contributed by atoms with Gasteiger partial charge in [0.2, 0.25) is 11.8 Å². The van der Waals surface area contributed by atoms with Gasteiger partial charge in [0.05, 0.1) is 25.5 Å². The predicted octanol–water partition coefficient (Wildman–Crippen LogP) is 3.30. The Kier molecular flexibility index (Phi) is 7.11. The molecule has 1 fully saturated rings. The Bertz CT molecular complexity index is 1200. The van der Waals surface area contributed by atoms with Crippen LogP contribution < -0.4 is 19.1 Å². The highest BCUT2D eigenvalue weighted by atomic mass is 16.5. The lowest BCUT2D eigenvalue weighted by molar-refractivity contribution is 0.237. The molecule has 1 saturated heterocycles. The fourth-order valence-corrected chi connectivity index (χ4v) is 4.63. The van der Waals surface area contributed by atoms with Gasteiger partial charge in [-0.15, -0.1) is 0 Å². The zero-order chi connectivity index (χ0) is 25.1. The molecule has 190 valence electrons. The summed E-state index contributed by atoms with van der Waals surface area (Å²) in [5, 5.41) is 9.94. The lowest BCUT2D eigenvalue weighted by atomic mass is 10.1. The van der Waals surface area contributed by atoms with Crippen LogP contribution in [-0.4, -0.2) is 78.9 Å². The molecule has 0 aliphatic carbocycles. The Morgan fingerprint density at radius 1 is 0.889 bits per heavy atom. The van der Waals surface area contributed by atoms with Gasteiger partial charge in [0.15, 0.2) is 11.5 Å². The number of anilines is 1. The van der Waals surface area contributed by atoms with E-state index in [2.05, 4.69) is 21.7 Å². The van der Waals surface area contributed by atoms with Gasteiger partial charge >= 0.3 is 0 Å². The molecule has 2 aliphatic heterocycles. The Morgan fingerprint density at radius 3 is 2.36 bits per heavy atom. The summed E-state index contributed by atoms with van der Waals surface area (Å²) in [6.45, 7) is 6.03. The van der Waals surface area contributed by atoms with Gasteiger partial charge in [0.1, 0.15) is 11.5 Å². The third-order valence-electron chi connectivity index (χ3n) is 6.80. The fraction of sp³-hybridized carbons (Fsp3) is 0.407. The van der Waals surface area contributed by atoms with Crippen LogP contribution in [0.1, 0.15) is 16.8 Å². The predicted molar refractivity (Wildman–Crippen MR) is 137 cm³/mol. The molecule has 0 radical (unpaired) electrons. The van der Waals surface area contributed by atoms with Crippen LogP contribution >= 0.6 is 0 Å². The van der Waals surface area contributed by atoms with Crippen LogP contribution in [0.25, 0.3) is 0 Å². The summed E-state index contributed by atoms with van der Waals surface area (Å²) in [6, 6.07) is 13.0. The number of ether oxygens (including phenoxy) is 3. The second-order valence-electron chi connectivity index (χ2n) is 9.29. The summed E-state index contributed by atoms with van der Waals surface area (Å²) < 4.78 is 16.9. The SMILES string of the molecule is COc1ccc(Oc2nc(N3CCN(C)CC3)nc3c2CN(Cc2ccc(O)c(OC)c2)CC3)cc1. The molecule has 0 atom stereocenters. The summed E-state index contributed by atoms with van der Waals surface area (Å²) >= 11 is 0. The molecule has 3 heterocycles. The molecule has 1 aromatic heterocycles. The van der Waals surface area contributed by atoms with E-state index in [1.165, 1.54) is 0 Å². The van der Waals surface area contributed by atoms with Crippen molar-refractivity contribution in [3.05, 3.63) is 59.3 Å².